The zero-order valence-electron chi connectivity index (χ0n) is 13.1. The quantitative estimate of drug-likeness (QED) is 0.907. The van der Waals surface area contributed by atoms with E-state index < -0.39 is 0 Å². The van der Waals surface area contributed by atoms with Crippen LogP contribution in [0.5, 0.6) is 0 Å². The minimum absolute atomic E-state index is 0.000475. The monoisotopic (exact) mass is 326 g/mol. The van der Waals surface area contributed by atoms with Crippen molar-refractivity contribution in [3.63, 3.8) is 0 Å². The molecule has 3 rings (SSSR count). The maximum atomic E-state index is 12.3. The van der Waals surface area contributed by atoms with Gasteiger partial charge in [-0.25, -0.2) is 0 Å². The van der Waals surface area contributed by atoms with E-state index >= 15 is 0 Å². The van der Waals surface area contributed by atoms with Gasteiger partial charge in [0, 0.05) is 10.6 Å². The van der Waals surface area contributed by atoms with E-state index in [0.29, 0.717) is 5.75 Å². The SMILES string of the molecule is Cc1cccc(NC(=O)Cc2ccc3c(c2)NC(=O)CS3)c1C. The number of hydrogen-bond acceptors (Lipinski definition) is 3. The summed E-state index contributed by atoms with van der Waals surface area (Å²) in [6, 6.07) is 11.6. The molecule has 0 bridgehead atoms. The van der Waals surface area contributed by atoms with E-state index in [4.69, 9.17) is 0 Å². The van der Waals surface area contributed by atoms with Gasteiger partial charge in [-0.2, -0.15) is 0 Å². The van der Waals surface area contributed by atoms with Gasteiger partial charge in [0.15, 0.2) is 0 Å². The Morgan fingerprint density at radius 2 is 2.09 bits per heavy atom. The standard InChI is InChI=1S/C18H18N2O2S/c1-11-4-3-5-14(12(11)2)19-17(21)9-13-6-7-16-15(8-13)20-18(22)10-23-16/h3-8H,9-10H2,1-2H3,(H,19,21)(H,20,22). The van der Waals surface area contributed by atoms with E-state index in [-0.39, 0.29) is 18.2 Å². The molecule has 5 heteroatoms. The van der Waals surface area contributed by atoms with Crippen LogP contribution >= 0.6 is 11.8 Å². The molecule has 0 radical (unpaired) electrons. The lowest BCUT2D eigenvalue weighted by atomic mass is 10.1. The van der Waals surface area contributed by atoms with Crippen LogP contribution in [0.2, 0.25) is 0 Å². The van der Waals surface area contributed by atoms with Crippen LogP contribution in [0.3, 0.4) is 0 Å². The van der Waals surface area contributed by atoms with Gasteiger partial charge in [-0.3, -0.25) is 9.59 Å². The highest BCUT2D eigenvalue weighted by molar-refractivity contribution is 8.00. The van der Waals surface area contributed by atoms with Crippen LogP contribution in [0, 0.1) is 13.8 Å². The molecule has 2 aromatic carbocycles. The highest BCUT2D eigenvalue weighted by Crippen LogP contribution is 2.32. The number of amides is 2. The molecule has 0 saturated heterocycles. The maximum Gasteiger partial charge on any atom is 0.234 e. The van der Waals surface area contributed by atoms with Crippen LogP contribution in [0.4, 0.5) is 11.4 Å². The Bertz CT molecular complexity index is 787. The lowest BCUT2D eigenvalue weighted by molar-refractivity contribution is -0.115. The van der Waals surface area contributed by atoms with Gasteiger partial charge in [0.25, 0.3) is 0 Å². The number of thioether (sulfide) groups is 1. The fraction of sp³-hybridized carbons (Fsp3) is 0.222. The first-order valence-electron chi connectivity index (χ1n) is 7.44. The van der Waals surface area contributed by atoms with E-state index in [9.17, 15) is 9.59 Å². The summed E-state index contributed by atoms with van der Waals surface area (Å²) in [5.74, 6) is 0.382. The third kappa shape index (κ3) is 3.56. The molecule has 2 amide bonds. The van der Waals surface area contributed by atoms with Gasteiger partial charge in [0.05, 0.1) is 17.9 Å². The third-order valence-corrected chi connectivity index (χ3v) is 4.99. The van der Waals surface area contributed by atoms with Gasteiger partial charge in [0.2, 0.25) is 11.8 Å². The van der Waals surface area contributed by atoms with Gasteiger partial charge in [-0.05, 0) is 48.7 Å². The van der Waals surface area contributed by atoms with Gasteiger partial charge in [-0.1, -0.05) is 18.2 Å². The number of hydrogen-bond donors (Lipinski definition) is 2. The number of carbonyl (C=O) groups is 2. The number of aryl methyl sites for hydroxylation is 1. The molecule has 0 aromatic heterocycles. The predicted octanol–water partition coefficient (Wildman–Crippen LogP) is 3.53. The minimum atomic E-state index is -0.0616. The van der Waals surface area contributed by atoms with E-state index in [2.05, 4.69) is 10.6 Å². The molecular weight excluding hydrogens is 308 g/mol. The molecular formula is C18H18N2O2S. The van der Waals surface area contributed by atoms with Gasteiger partial charge in [-0.15, -0.1) is 11.8 Å². The number of benzene rings is 2. The molecule has 0 aliphatic carbocycles. The van der Waals surface area contributed by atoms with Gasteiger partial charge < -0.3 is 10.6 Å². The first-order valence-corrected chi connectivity index (χ1v) is 8.43. The van der Waals surface area contributed by atoms with Crippen molar-refractivity contribution in [3.8, 4) is 0 Å². The molecule has 1 heterocycles. The number of fused-ring (bicyclic) bond motifs is 1. The molecule has 1 aliphatic rings. The number of carbonyl (C=O) groups excluding carboxylic acids is 2. The zero-order chi connectivity index (χ0) is 16.4. The zero-order valence-corrected chi connectivity index (χ0v) is 13.9. The van der Waals surface area contributed by atoms with Crippen molar-refractivity contribution in [2.24, 2.45) is 0 Å². The Morgan fingerprint density at radius 1 is 1.26 bits per heavy atom. The summed E-state index contributed by atoms with van der Waals surface area (Å²) in [5.41, 5.74) is 4.75. The topological polar surface area (TPSA) is 58.2 Å². The molecule has 2 aromatic rings. The number of rotatable bonds is 3. The largest absolute Gasteiger partial charge is 0.326 e. The first-order chi connectivity index (χ1) is 11.0. The normalized spacial score (nSPS) is 13.2. The molecule has 23 heavy (non-hydrogen) atoms. The van der Waals surface area contributed by atoms with Crippen LogP contribution in [-0.2, 0) is 16.0 Å². The Hall–Kier alpha value is -2.27. The predicted molar refractivity (Wildman–Crippen MR) is 94.0 cm³/mol. The van der Waals surface area contributed by atoms with Crippen LogP contribution in [-0.4, -0.2) is 17.6 Å². The van der Waals surface area contributed by atoms with Crippen molar-refractivity contribution in [2.45, 2.75) is 25.2 Å². The first kappa shape index (κ1) is 15.6. The molecule has 1 aliphatic heterocycles. The minimum Gasteiger partial charge on any atom is -0.326 e. The summed E-state index contributed by atoms with van der Waals surface area (Å²) in [4.78, 5) is 24.8. The fourth-order valence-electron chi connectivity index (χ4n) is 2.51. The summed E-state index contributed by atoms with van der Waals surface area (Å²) < 4.78 is 0. The Balaban J connectivity index is 1.72. The molecule has 0 unspecified atom stereocenters. The van der Waals surface area contributed by atoms with Crippen molar-refractivity contribution in [2.75, 3.05) is 16.4 Å². The van der Waals surface area contributed by atoms with Crippen molar-refractivity contribution in [3.05, 3.63) is 53.1 Å². The van der Waals surface area contributed by atoms with Crippen molar-refractivity contribution >= 4 is 35.0 Å². The lowest BCUT2D eigenvalue weighted by Crippen LogP contribution is -2.19. The maximum absolute atomic E-state index is 12.3. The smallest absolute Gasteiger partial charge is 0.234 e. The average molecular weight is 326 g/mol. The fourth-order valence-corrected chi connectivity index (χ4v) is 3.30. The van der Waals surface area contributed by atoms with Crippen LogP contribution in [0.25, 0.3) is 0 Å². The van der Waals surface area contributed by atoms with E-state index in [1.807, 2.05) is 50.2 Å². The molecule has 0 saturated carbocycles. The van der Waals surface area contributed by atoms with E-state index in [1.54, 1.807) is 0 Å². The van der Waals surface area contributed by atoms with Gasteiger partial charge >= 0.3 is 0 Å². The highest BCUT2D eigenvalue weighted by Gasteiger charge is 2.16. The molecule has 4 nitrogen and oxygen atoms in total. The van der Waals surface area contributed by atoms with Gasteiger partial charge in [0.1, 0.15) is 0 Å². The van der Waals surface area contributed by atoms with Crippen molar-refractivity contribution in [1.82, 2.24) is 0 Å². The summed E-state index contributed by atoms with van der Waals surface area (Å²) in [6.07, 6.45) is 0.279. The summed E-state index contributed by atoms with van der Waals surface area (Å²) in [5, 5.41) is 5.81. The molecule has 118 valence electrons. The Kier molecular flexibility index (Phi) is 4.39. The summed E-state index contributed by atoms with van der Waals surface area (Å²) >= 11 is 1.52. The van der Waals surface area contributed by atoms with Crippen LogP contribution in [0.15, 0.2) is 41.3 Å². The Labute approximate surface area is 139 Å². The number of anilines is 2. The molecule has 0 fully saturated rings. The second kappa shape index (κ2) is 6.46. The average Bonchev–Trinajstić information content (AvgIpc) is 2.51. The van der Waals surface area contributed by atoms with E-state index in [1.165, 1.54) is 11.8 Å². The van der Waals surface area contributed by atoms with Crippen molar-refractivity contribution < 1.29 is 9.59 Å². The molecule has 0 atom stereocenters. The second-order valence-corrected chi connectivity index (χ2v) is 6.66. The second-order valence-electron chi connectivity index (χ2n) is 5.64. The van der Waals surface area contributed by atoms with Crippen LogP contribution in [0.1, 0.15) is 16.7 Å². The summed E-state index contributed by atoms with van der Waals surface area (Å²) in [7, 11) is 0. The Morgan fingerprint density at radius 3 is 2.91 bits per heavy atom. The summed E-state index contributed by atoms with van der Waals surface area (Å²) in [6.45, 7) is 4.02. The third-order valence-electron chi connectivity index (χ3n) is 3.92. The highest BCUT2D eigenvalue weighted by atomic mass is 32.2. The van der Waals surface area contributed by atoms with E-state index in [0.717, 1.165) is 33.0 Å². The van der Waals surface area contributed by atoms with Crippen molar-refractivity contribution in [1.29, 1.82) is 0 Å². The molecule has 0 spiro atoms. The number of nitrogens with one attached hydrogen (secondary N) is 2. The lowest BCUT2D eigenvalue weighted by Gasteiger charge is -2.17. The molecule has 2 N–H and O–H groups in total. The van der Waals surface area contributed by atoms with Crippen LogP contribution < -0.4 is 10.6 Å².